The Morgan fingerprint density at radius 3 is 0.833 bits per heavy atom. The minimum absolute atomic E-state index is 1.92. The van der Waals surface area contributed by atoms with Crippen LogP contribution < -0.4 is 10.0 Å². The zero-order chi connectivity index (χ0) is 10.7. The fourth-order valence-electron chi connectivity index (χ4n) is 0. The van der Waals surface area contributed by atoms with Gasteiger partial charge < -0.3 is 18.8 Å². The molecule has 0 aliphatic carbocycles. The third-order valence-corrected chi connectivity index (χ3v) is 0. The number of hydrogen-bond acceptors (Lipinski definition) is 2. The topological polar surface area (TPSA) is 51.5 Å². The maximum absolute atomic E-state index is 8.74. The quantitative estimate of drug-likeness (QED) is 0.364. The van der Waals surface area contributed by atoms with Crippen LogP contribution in [0.1, 0.15) is 0 Å². The van der Waals surface area contributed by atoms with Gasteiger partial charge in [-0.05, 0) is 0 Å². The van der Waals surface area contributed by atoms with Gasteiger partial charge >= 0.3 is 0 Å². The molecule has 0 radical (unpaired) electrons. The molecule has 0 aromatic carbocycles. The second-order valence-electron chi connectivity index (χ2n) is 2.72. The van der Waals surface area contributed by atoms with Gasteiger partial charge in [0.15, 0.2) is 0 Å². The molecule has 6 heteroatoms. The van der Waals surface area contributed by atoms with E-state index in [4.69, 9.17) is 10.0 Å². The van der Waals surface area contributed by atoms with Crippen LogP contribution in [0.25, 0.3) is 0 Å². The average Bonchev–Trinajstić information content (AvgIpc) is 1.54. The molecule has 0 N–H and O–H groups in total. The summed E-state index contributed by atoms with van der Waals surface area (Å²) in [5.41, 5.74) is 0. The summed E-state index contributed by atoms with van der Waals surface area (Å²) in [5.74, 6) is 0. The summed E-state index contributed by atoms with van der Waals surface area (Å²) in [7, 11) is 11.5. The fraction of sp³-hybridized carbons (Fsp3) is 1.00. The lowest BCUT2D eigenvalue weighted by Gasteiger charge is -2.13. The van der Waals surface area contributed by atoms with Gasteiger partial charge in [0.1, 0.15) is 42.7 Å². The van der Waals surface area contributed by atoms with Crippen LogP contribution in [-0.4, -0.2) is 49.2 Å². The van der Waals surface area contributed by atoms with Crippen molar-refractivity contribution in [1.29, 1.82) is 0 Å². The van der Waals surface area contributed by atoms with Gasteiger partial charge in [0.2, 0.25) is 0 Å². The molecule has 0 amide bonds. The van der Waals surface area contributed by atoms with E-state index in [0.717, 1.165) is 0 Å². The molecule has 12 heavy (non-hydrogen) atoms. The Labute approximate surface area is 80.1 Å². The third-order valence-electron chi connectivity index (χ3n) is 0. The van der Waals surface area contributed by atoms with Crippen molar-refractivity contribution < 1.29 is 18.8 Å². The summed E-state index contributed by atoms with van der Waals surface area (Å²) in [4.78, 5) is 0. The first kappa shape index (κ1) is 18.1. The fourth-order valence-corrected chi connectivity index (χ4v) is 0. The van der Waals surface area contributed by atoms with Crippen LogP contribution >= 0.6 is 11.5 Å². The Kier molecular flexibility index (Phi) is 20.7. The van der Waals surface area contributed by atoms with Crippen LogP contribution in [0.2, 0.25) is 0 Å². The highest BCUT2D eigenvalue weighted by molar-refractivity contribution is 6.95. The van der Waals surface area contributed by atoms with Crippen molar-refractivity contribution in [3.8, 4) is 0 Å². The summed E-state index contributed by atoms with van der Waals surface area (Å²) >= 11 is 4.16. The van der Waals surface area contributed by atoms with Gasteiger partial charge in [0.25, 0.3) is 0 Å². The van der Waals surface area contributed by atoms with Crippen molar-refractivity contribution in [1.82, 2.24) is 0 Å². The molecule has 0 unspecified atom stereocenters. The predicted molar refractivity (Wildman–Crippen MR) is 49.3 cm³/mol. The van der Waals surface area contributed by atoms with Gasteiger partial charge in [-0.25, -0.2) is 11.5 Å². The SMILES string of the molecule is C[O+](C)C.C[O+](C)C.[O-]B([O-])Cl. The molecule has 0 saturated heterocycles. The van der Waals surface area contributed by atoms with Gasteiger partial charge in [-0.15, -0.1) is 0 Å². The molecule has 0 spiro atoms. The molecule has 0 rings (SSSR count). The molecule has 0 aliphatic rings. The van der Waals surface area contributed by atoms with Crippen LogP contribution in [0.5, 0.6) is 0 Å². The van der Waals surface area contributed by atoms with Crippen molar-refractivity contribution in [2.24, 2.45) is 0 Å². The van der Waals surface area contributed by atoms with Crippen molar-refractivity contribution in [3.63, 3.8) is 0 Å². The van der Waals surface area contributed by atoms with Crippen LogP contribution in [0.3, 0.4) is 0 Å². The Bertz CT molecular complexity index is 48.0. The summed E-state index contributed by atoms with van der Waals surface area (Å²) < 4.78 is 5.17. The third kappa shape index (κ3) is 22700. The minimum atomic E-state index is -2.19. The molecule has 0 aromatic heterocycles. The first-order valence-corrected chi connectivity index (χ1v) is 3.58. The average molecular weight is 200 g/mol. The van der Waals surface area contributed by atoms with E-state index < -0.39 is 6.53 Å². The molecule has 0 atom stereocenters. The van der Waals surface area contributed by atoms with E-state index in [9.17, 15) is 0 Å². The molecule has 0 fully saturated rings. The molecular weight excluding hydrogens is 182 g/mol. The van der Waals surface area contributed by atoms with Crippen LogP contribution in [0, 0.1) is 0 Å². The van der Waals surface area contributed by atoms with Crippen LogP contribution in [0.15, 0.2) is 0 Å². The van der Waals surface area contributed by atoms with Crippen LogP contribution in [0.4, 0.5) is 0 Å². The molecule has 0 saturated carbocycles. The van der Waals surface area contributed by atoms with Crippen LogP contribution in [-0.2, 0) is 8.73 Å². The van der Waals surface area contributed by atoms with Crippen molar-refractivity contribution in [2.75, 3.05) is 42.7 Å². The van der Waals surface area contributed by atoms with Crippen molar-refractivity contribution in [2.45, 2.75) is 0 Å². The zero-order valence-electron chi connectivity index (χ0n) is 8.59. The number of halogens is 1. The second-order valence-corrected chi connectivity index (χ2v) is 3.08. The highest BCUT2D eigenvalue weighted by Crippen LogP contribution is 1.60. The standard InChI is InChI=1S/2C3H9O.BClO2/c2*1-4(2)3;2-1(3)4/h2*1-3H3;/q2*+1;-2. The first-order chi connectivity index (χ1) is 5.20. The van der Waals surface area contributed by atoms with Crippen molar-refractivity contribution >= 4 is 18.0 Å². The summed E-state index contributed by atoms with van der Waals surface area (Å²) in [6.45, 7) is -2.19. The molecule has 0 heterocycles. The highest BCUT2D eigenvalue weighted by Gasteiger charge is 1.61. The molecule has 0 aliphatic heterocycles. The Hall–Kier alpha value is 0.195. The summed E-state index contributed by atoms with van der Waals surface area (Å²) in [5, 5.41) is 17.5. The molecule has 0 aromatic rings. The maximum atomic E-state index is 8.74. The molecular formula is C6H18BClO4. The Morgan fingerprint density at radius 2 is 0.833 bits per heavy atom. The minimum Gasteiger partial charge on any atom is -0.881 e. The predicted octanol–water partition coefficient (Wildman–Crippen LogP) is -1.21. The normalized spacial score (nSPS) is 8.25. The van der Waals surface area contributed by atoms with E-state index in [2.05, 4.69) is 20.2 Å². The summed E-state index contributed by atoms with van der Waals surface area (Å²) in [6.07, 6.45) is 0. The zero-order valence-corrected chi connectivity index (χ0v) is 9.34. The van der Waals surface area contributed by atoms with Gasteiger partial charge in [-0.2, -0.15) is 0 Å². The van der Waals surface area contributed by atoms with Gasteiger partial charge in [0.05, 0.1) is 0 Å². The van der Waals surface area contributed by atoms with E-state index in [-0.39, 0.29) is 0 Å². The summed E-state index contributed by atoms with van der Waals surface area (Å²) in [6, 6.07) is 0. The first-order valence-electron chi connectivity index (χ1n) is 3.14. The van der Waals surface area contributed by atoms with E-state index in [1.165, 1.54) is 0 Å². The van der Waals surface area contributed by atoms with Gasteiger partial charge in [-0.1, -0.05) is 0 Å². The van der Waals surface area contributed by atoms with Gasteiger partial charge in [-0.3, -0.25) is 0 Å². The highest BCUT2D eigenvalue weighted by atomic mass is 35.5. The van der Waals surface area contributed by atoms with E-state index in [1.54, 1.807) is 0 Å². The number of rotatable bonds is 0. The smallest absolute Gasteiger partial charge is 0.135 e. The second kappa shape index (κ2) is 13.8. The Morgan fingerprint density at radius 1 is 0.833 bits per heavy atom. The van der Waals surface area contributed by atoms with Crippen molar-refractivity contribution in [3.05, 3.63) is 0 Å². The van der Waals surface area contributed by atoms with E-state index in [1.807, 2.05) is 42.7 Å². The maximum Gasteiger partial charge on any atom is 0.135 e. The molecule has 0 bridgehead atoms. The lowest BCUT2D eigenvalue weighted by Crippen LogP contribution is -2.38. The largest absolute Gasteiger partial charge is 0.881 e. The monoisotopic (exact) mass is 200 g/mol. The van der Waals surface area contributed by atoms with E-state index in [0.29, 0.717) is 0 Å². The lowest BCUT2D eigenvalue weighted by atomic mass is 10.4. The molecule has 76 valence electrons. The van der Waals surface area contributed by atoms with Gasteiger partial charge in [0, 0.05) is 6.53 Å². The number of hydrogen-bond donors (Lipinski definition) is 0. The lowest BCUT2D eigenvalue weighted by molar-refractivity contribution is -0.336. The Balaban J connectivity index is -0.000000101. The molecule has 4 nitrogen and oxygen atoms in total. The van der Waals surface area contributed by atoms with E-state index >= 15 is 0 Å².